The van der Waals surface area contributed by atoms with E-state index in [0.717, 1.165) is 135 Å². The number of carbonyl (C=O) groups excluding carboxylic acids is 3. The minimum Gasteiger partial charge on any atom is -0.462 e. The third-order valence-corrected chi connectivity index (χ3v) is 15.0. The predicted molar refractivity (Wildman–Crippen MR) is 362 cm³/mol. The van der Waals surface area contributed by atoms with Crippen molar-refractivity contribution in [2.24, 2.45) is 0 Å². The van der Waals surface area contributed by atoms with Crippen molar-refractivity contribution in [1.82, 2.24) is 0 Å². The first-order valence-electron chi connectivity index (χ1n) is 35.0. The zero-order valence-electron chi connectivity index (χ0n) is 54.4. The summed E-state index contributed by atoms with van der Waals surface area (Å²) >= 11 is 0. The SMILES string of the molecule is CC/C=C\C/C=C\C/C=C\C/C=C\C/C=C\C/C=C\C/C=C\CCCCCCCCCCCC(=O)OCC(COC(=O)CCCCCCCCCCCCCCC)OC(=O)CCCCCCCC/C=C\C/C=C\C/C=C\CCCCCCC. The maximum Gasteiger partial charge on any atom is 0.306 e. The van der Waals surface area contributed by atoms with E-state index in [0.29, 0.717) is 19.3 Å². The van der Waals surface area contributed by atoms with Crippen LogP contribution in [0.3, 0.4) is 0 Å². The molecule has 0 saturated heterocycles. The van der Waals surface area contributed by atoms with Crippen LogP contribution in [0.5, 0.6) is 0 Å². The molecule has 0 saturated carbocycles. The van der Waals surface area contributed by atoms with Gasteiger partial charge in [-0.15, -0.1) is 0 Å². The molecule has 0 aromatic carbocycles. The Balaban J connectivity index is 4.32. The normalized spacial score (nSPS) is 12.9. The zero-order chi connectivity index (χ0) is 59.9. The number of hydrogen-bond acceptors (Lipinski definition) is 6. The summed E-state index contributed by atoms with van der Waals surface area (Å²) in [6.45, 7) is 6.53. The first-order chi connectivity index (χ1) is 41.0. The minimum absolute atomic E-state index is 0.0839. The lowest BCUT2D eigenvalue weighted by Gasteiger charge is -2.18. The Morgan fingerprint density at radius 3 is 0.735 bits per heavy atom. The van der Waals surface area contributed by atoms with E-state index in [2.05, 4.69) is 142 Å². The molecule has 6 nitrogen and oxygen atoms in total. The largest absolute Gasteiger partial charge is 0.462 e. The third-order valence-electron chi connectivity index (χ3n) is 15.0. The van der Waals surface area contributed by atoms with Crippen molar-refractivity contribution in [2.75, 3.05) is 13.2 Å². The molecule has 0 rings (SSSR count). The molecule has 0 spiro atoms. The second kappa shape index (κ2) is 70.3. The highest BCUT2D eigenvalue weighted by molar-refractivity contribution is 5.71. The van der Waals surface area contributed by atoms with Gasteiger partial charge in [-0.3, -0.25) is 14.4 Å². The number of hydrogen-bond donors (Lipinski definition) is 0. The maximum absolute atomic E-state index is 12.9. The highest BCUT2D eigenvalue weighted by atomic mass is 16.6. The Bertz CT molecular complexity index is 1700. The second-order valence-corrected chi connectivity index (χ2v) is 23.1. The molecule has 0 aliphatic heterocycles. The Morgan fingerprint density at radius 2 is 0.470 bits per heavy atom. The lowest BCUT2D eigenvalue weighted by atomic mass is 10.0. The summed E-state index contributed by atoms with van der Waals surface area (Å²) < 4.78 is 17.0. The molecule has 0 radical (unpaired) electrons. The van der Waals surface area contributed by atoms with E-state index in [1.165, 1.54) is 154 Å². The van der Waals surface area contributed by atoms with Crippen molar-refractivity contribution < 1.29 is 28.6 Å². The van der Waals surface area contributed by atoms with Crippen LogP contribution in [0.2, 0.25) is 0 Å². The van der Waals surface area contributed by atoms with E-state index in [9.17, 15) is 14.4 Å². The van der Waals surface area contributed by atoms with Gasteiger partial charge in [0.15, 0.2) is 6.10 Å². The molecule has 0 bridgehead atoms. The van der Waals surface area contributed by atoms with Crippen molar-refractivity contribution in [3.63, 3.8) is 0 Å². The average Bonchev–Trinajstić information content (AvgIpc) is 3.49. The van der Waals surface area contributed by atoms with E-state index in [4.69, 9.17) is 14.2 Å². The molecule has 83 heavy (non-hydrogen) atoms. The lowest BCUT2D eigenvalue weighted by Crippen LogP contribution is -2.30. The molecule has 0 aliphatic carbocycles. The Labute approximate surface area is 513 Å². The lowest BCUT2D eigenvalue weighted by molar-refractivity contribution is -0.167. The molecular formula is C77H130O6. The standard InChI is InChI=1S/C77H130O6/c1-4-7-10-13-16-19-22-25-27-29-31-33-34-35-36-37-38-39-40-41-42-44-45-47-49-52-55-58-61-64-67-70-76(79)82-73-74(72-81-75(78)69-66-63-60-57-54-51-24-21-18-15-12-9-6-3)83-77(80)71-68-65-62-59-56-53-50-48-46-43-32-30-28-26-23-20-17-14-11-8-5-2/h7,10,16,19,23,25-27,30-33,35-36,38-39,41-42,46,48,74H,4-6,8-9,11-15,17-18,20-22,24,28-29,34,37,40,43-45,47,49-73H2,1-3H3/b10-7-,19-16-,26-23-,27-25-,32-30-,33-31-,36-35-,39-38-,42-41-,48-46-. The van der Waals surface area contributed by atoms with Crippen LogP contribution in [-0.4, -0.2) is 37.2 Å². The Kier molecular flexibility index (Phi) is 66.7. The molecule has 0 fully saturated rings. The summed E-state index contributed by atoms with van der Waals surface area (Å²) in [5.74, 6) is -0.892. The summed E-state index contributed by atoms with van der Waals surface area (Å²) in [6.07, 6.45) is 97.8. The summed E-state index contributed by atoms with van der Waals surface area (Å²) in [4.78, 5) is 38.4. The van der Waals surface area contributed by atoms with Crippen LogP contribution in [0.4, 0.5) is 0 Å². The fourth-order valence-corrected chi connectivity index (χ4v) is 9.73. The van der Waals surface area contributed by atoms with Gasteiger partial charge in [0, 0.05) is 19.3 Å². The van der Waals surface area contributed by atoms with Crippen LogP contribution < -0.4 is 0 Å². The first-order valence-corrected chi connectivity index (χ1v) is 35.0. The molecule has 0 aliphatic rings. The predicted octanol–water partition coefficient (Wildman–Crippen LogP) is 24.3. The second-order valence-electron chi connectivity index (χ2n) is 23.1. The zero-order valence-corrected chi connectivity index (χ0v) is 54.4. The number of allylic oxidation sites excluding steroid dienone is 20. The van der Waals surface area contributed by atoms with Gasteiger partial charge in [-0.05, 0) is 116 Å². The molecule has 474 valence electrons. The maximum atomic E-state index is 12.9. The van der Waals surface area contributed by atoms with Crippen LogP contribution in [0.1, 0.15) is 329 Å². The number of rotatable bonds is 63. The fraction of sp³-hybridized carbons (Fsp3) is 0.701. The van der Waals surface area contributed by atoms with Gasteiger partial charge in [0.2, 0.25) is 0 Å². The van der Waals surface area contributed by atoms with Crippen LogP contribution in [0.15, 0.2) is 122 Å². The summed E-state index contributed by atoms with van der Waals surface area (Å²) in [7, 11) is 0. The Morgan fingerprint density at radius 1 is 0.253 bits per heavy atom. The van der Waals surface area contributed by atoms with Gasteiger partial charge in [0.05, 0.1) is 0 Å². The molecule has 0 heterocycles. The van der Waals surface area contributed by atoms with Crippen molar-refractivity contribution in [2.45, 2.75) is 335 Å². The quantitative estimate of drug-likeness (QED) is 0.0261. The first kappa shape index (κ1) is 78.8. The van der Waals surface area contributed by atoms with Gasteiger partial charge in [0.1, 0.15) is 13.2 Å². The van der Waals surface area contributed by atoms with Gasteiger partial charge >= 0.3 is 17.9 Å². The molecule has 0 aromatic rings. The van der Waals surface area contributed by atoms with Gasteiger partial charge in [-0.25, -0.2) is 0 Å². The average molecular weight is 1150 g/mol. The molecule has 1 unspecified atom stereocenters. The van der Waals surface area contributed by atoms with Gasteiger partial charge in [-0.2, -0.15) is 0 Å². The molecule has 0 N–H and O–H groups in total. The van der Waals surface area contributed by atoms with Crippen LogP contribution >= 0.6 is 0 Å². The molecule has 1 atom stereocenters. The van der Waals surface area contributed by atoms with Gasteiger partial charge in [-0.1, -0.05) is 316 Å². The highest BCUT2D eigenvalue weighted by Gasteiger charge is 2.19. The number of esters is 3. The molecule has 0 amide bonds. The minimum atomic E-state index is -0.790. The number of unbranched alkanes of at least 4 members (excludes halogenated alkanes) is 32. The van der Waals surface area contributed by atoms with E-state index in [-0.39, 0.29) is 31.1 Å². The topological polar surface area (TPSA) is 78.9 Å². The van der Waals surface area contributed by atoms with Crippen molar-refractivity contribution in [3.05, 3.63) is 122 Å². The van der Waals surface area contributed by atoms with Crippen LogP contribution in [0.25, 0.3) is 0 Å². The number of carbonyl (C=O) groups is 3. The van der Waals surface area contributed by atoms with E-state index in [1.54, 1.807) is 0 Å². The smallest absolute Gasteiger partial charge is 0.306 e. The molecule has 6 heteroatoms. The van der Waals surface area contributed by atoms with E-state index < -0.39 is 6.10 Å². The summed E-state index contributed by atoms with van der Waals surface area (Å²) in [5, 5.41) is 0. The Hall–Kier alpha value is -4.19. The van der Waals surface area contributed by atoms with E-state index >= 15 is 0 Å². The number of ether oxygens (including phenoxy) is 3. The molecule has 0 aromatic heterocycles. The van der Waals surface area contributed by atoms with Crippen molar-refractivity contribution in [1.29, 1.82) is 0 Å². The molecular weight excluding hydrogens is 1020 g/mol. The monoisotopic (exact) mass is 1150 g/mol. The van der Waals surface area contributed by atoms with E-state index in [1.807, 2.05) is 0 Å². The van der Waals surface area contributed by atoms with Gasteiger partial charge < -0.3 is 14.2 Å². The fourth-order valence-electron chi connectivity index (χ4n) is 9.73. The van der Waals surface area contributed by atoms with Crippen LogP contribution in [-0.2, 0) is 28.6 Å². The van der Waals surface area contributed by atoms with Crippen LogP contribution in [0, 0.1) is 0 Å². The van der Waals surface area contributed by atoms with Crippen molar-refractivity contribution in [3.8, 4) is 0 Å². The third kappa shape index (κ3) is 68.5. The highest BCUT2D eigenvalue weighted by Crippen LogP contribution is 2.16. The van der Waals surface area contributed by atoms with Gasteiger partial charge in [0.25, 0.3) is 0 Å². The summed E-state index contributed by atoms with van der Waals surface area (Å²) in [5.41, 5.74) is 0. The summed E-state index contributed by atoms with van der Waals surface area (Å²) in [6, 6.07) is 0. The van der Waals surface area contributed by atoms with Crippen molar-refractivity contribution >= 4 is 17.9 Å².